The van der Waals surface area contributed by atoms with E-state index >= 15 is 0 Å². The number of hydrogen-bond donors (Lipinski definition) is 0. The molecule has 8 heteroatoms. The quantitative estimate of drug-likeness (QED) is 0.760. The normalized spacial score (nSPS) is 11.5. The van der Waals surface area contributed by atoms with E-state index in [1.807, 2.05) is 27.8 Å². The minimum atomic E-state index is 0.111. The zero-order valence-corrected chi connectivity index (χ0v) is 14.4. The molecule has 0 aliphatic rings. The Hall–Kier alpha value is -0.830. The van der Waals surface area contributed by atoms with Crippen LogP contribution in [0.3, 0.4) is 0 Å². The predicted molar refractivity (Wildman–Crippen MR) is 85.0 cm³/mol. The van der Waals surface area contributed by atoms with E-state index in [1.54, 1.807) is 16.0 Å². The molecule has 2 aromatic rings. The maximum absolute atomic E-state index is 5.57. The number of aryl methyl sites for hydroxylation is 1. The van der Waals surface area contributed by atoms with Crippen molar-refractivity contribution in [3.05, 3.63) is 20.0 Å². The largest absolute Gasteiger partial charge is 0.466 e. The second-order valence-electron chi connectivity index (χ2n) is 4.81. The average Bonchev–Trinajstić information content (AvgIpc) is 2.85. The van der Waals surface area contributed by atoms with Crippen LogP contribution in [0.4, 0.5) is 0 Å². The number of rotatable bonds is 6. The SMILES string of the molecule is Cc1nc(CN(C)Cn2nc(OC(C)C)sc2=S)cs1. The average molecular weight is 331 g/mol. The van der Waals surface area contributed by atoms with Gasteiger partial charge in [0.2, 0.25) is 0 Å². The molecule has 0 unspecified atom stereocenters. The second-order valence-corrected chi connectivity index (χ2v) is 7.46. The summed E-state index contributed by atoms with van der Waals surface area (Å²) < 4.78 is 8.08. The summed E-state index contributed by atoms with van der Waals surface area (Å²) in [5.41, 5.74) is 1.08. The molecule has 0 saturated carbocycles. The Morgan fingerprint density at radius 1 is 1.50 bits per heavy atom. The predicted octanol–water partition coefficient (Wildman–Crippen LogP) is 3.32. The van der Waals surface area contributed by atoms with E-state index < -0.39 is 0 Å². The summed E-state index contributed by atoms with van der Waals surface area (Å²) >= 11 is 8.38. The summed E-state index contributed by atoms with van der Waals surface area (Å²) in [6.45, 7) is 7.38. The first-order valence-electron chi connectivity index (χ1n) is 6.28. The van der Waals surface area contributed by atoms with Crippen molar-refractivity contribution in [3.63, 3.8) is 0 Å². The monoisotopic (exact) mass is 330 g/mol. The number of aromatic nitrogens is 3. The van der Waals surface area contributed by atoms with Crippen molar-refractivity contribution in [2.24, 2.45) is 0 Å². The summed E-state index contributed by atoms with van der Waals surface area (Å²) in [6.07, 6.45) is 0.111. The van der Waals surface area contributed by atoms with Gasteiger partial charge in [0.05, 0.1) is 23.5 Å². The lowest BCUT2D eigenvalue weighted by Gasteiger charge is -2.14. The molecule has 0 amide bonds. The van der Waals surface area contributed by atoms with E-state index in [2.05, 4.69) is 20.4 Å². The Labute approximate surface area is 131 Å². The highest BCUT2D eigenvalue weighted by Crippen LogP contribution is 2.19. The van der Waals surface area contributed by atoms with Crippen molar-refractivity contribution in [3.8, 4) is 5.19 Å². The van der Waals surface area contributed by atoms with E-state index in [0.717, 1.165) is 21.2 Å². The van der Waals surface area contributed by atoms with Crippen LogP contribution in [0.2, 0.25) is 0 Å². The third-order valence-corrected chi connectivity index (χ3v) is 4.42. The van der Waals surface area contributed by atoms with Crippen LogP contribution >= 0.6 is 34.9 Å². The van der Waals surface area contributed by atoms with Gasteiger partial charge in [0.15, 0.2) is 3.95 Å². The van der Waals surface area contributed by atoms with Crippen LogP contribution < -0.4 is 4.74 Å². The van der Waals surface area contributed by atoms with Gasteiger partial charge in [-0.1, -0.05) is 0 Å². The van der Waals surface area contributed by atoms with Crippen molar-refractivity contribution < 1.29 is 4.74 Å². The third-order valence-electron chi connectivity index (χ3n) is 2.40. The van der Waals surface area contributed by atoms with Gasteiger partial charge in [-0.15, -0.1) is 16.4 Å². The second kappa shape index (κ2) is 6.75. The molecular weight excluding hydrogens is 312 g/mol. The summed E-state index contributed by atoms with van der Waals surface area (Å²) in [7, 11) is 2.03. The molecule has 2 heterocycles. The summed E-state index contributed by atoms with van der Waals surface area (Å²) in [5, 5.41) is 8.19. The molecule has 0 radical (unpaired) electrons. The van der Waals surface area contributed by atoms with Gasteiger partial charge in [-0.2, -0.15) is 0 Å². The molecule has 110 valence electrons. The van der Waals surface area contributed by atoms with Crippen molar-refractivity contribution >= 4 is 34.9 Å². The number of ether oxygens (including phenoxy) is 1. The smallest absolute Gasteiger partial charge is 0.293 e. The number of hydrogen-bond acceptors (Lipinski definition) is 7. The molecule has 0 aromatic carbocycles. The van der Waals surface area contributed by atoms with E-state index in [0.29, 0.717) is 11.9 Å². The van der Waals surface area contributed by atoms with Crippen molar-refractivity contribution in [1.29, 1.82) is 0 Å². The lowest BCUT2D eigenvalue weighted by atomic mass is 10.4. The molecule has 0 fully saturated rings. The van der Waals surface area contributed by atoms with Gasteiger partial charge < -0.3 is 4.74 Å². The molecule has 0 spiro atoms. The topological polar surface area (TPSA) is 43.2 Å². The highest BCUT2D eigenvalue weighted by atomic mass is 32.1. The fourth-order valence-corrected chi connectivity index (χ4v) is 3.31. The Balaban J connectivity index is 1.98. The van der Waals surface area contributed by atoms with Gasteiger partial charge >= 0.3 is 0 Å². The number of nitrogens with zero attached hydrogens (tertiary/aromatic N) is 4. The van der Waals surface area contributed by atoms with Crippen LogP contribution in [-0.4, -0.2) is 32.8 Å². The van der Waals surface area contributed by atoms with Gasteiger partial charge in [0.25, 0.3) is 5.19 Å². The zero-order chi connectivity index (χ0) is 14.7. The summed E-state index contributed by atoms with van der Waals surface area (Å²) in [4.78, 5) is 6.59. The minimum absolute atomic E-state index is 0.111. The lowest BCUT2D eigenvalue weighted by Crippen LogP contribution is -2.22. The van der Waals surface area contributed by atoms with Gasteiger partial charge in [-0.3, -0.25) is 4.90 Å². The van der Waals surface area contributed by atoms with Crippen molar-refractivity contribution in [2.75, 3.05) is 7.05 Å². The fraction of sp³-hybridized carbons (Fsp3) is 0.583. The van der Waals surface area contributed by atoms with Gasteiger partial charge in [-0.25, -0.2) is 9.67 Å². The van der Waals surface area contributed by atoms with Crippen LogP contribution in [-0.2, 0) is 13.2 Å². The molecule has 0 aliphatic carbocycles. The Morgan fingerprint density at radius 2 is 2.25 bits per heavy atom. The van der Waals surface area contributed by atoms with Crippen LogP contribution in [0.5, 0.6) is 5.19 Å². The van der Waals surface area contributed by atoms with Crippen LogP contribution in [0, 0.1) is 10.9 Å². The number of thiazole rings is 1. The summed E-state index contributed by atoms with van der Waals surface area (Å²) in [6, 6.07) is 0. The first-order valence-corrected chi connectivity index (χ1v) is 8.38. The molecule has 0 bridgehead atoms. The first-order chi connectivity index (χ1) is 9.44. The molecule has 0 saturated heterocycles. The van der Waals surface area contributed by atoms with E-state index in [9.17, 15) is 0 Å². The minimum Gasteiger partial charge on any atom is -0.466 e. The maximum atomic E-state index is 5.57. The highest BCUT2D eigenvalue weighted by Gasteiger charge is 2.09. The van der Waals surface area contributed by atoms with Crippen molar-refractivity contribution in [2.45, 2.75) is 40.1 Å². The third kappa shape index (κ3) is 4.34. The molecule has 20 heavy (non-hydrogen) atoms. The molecule has 2 rings (SSSR count). The lowest BCUT2D eigenvalue weighted by molar-refractivity contribution is 0.217. The van der Waals surface area contributed by atoms with Crippen LogP contribution in [0.1, 0.15) is 24.5 Å². The fourth-order valence-electron chi connectivity index (χ4n) is 1.66. The maximum Gasteiger partial charge on any atom is 0.293 e. The first kappa shape index (κ1) is 15.6. The highest BCUT2D eigenvalue weighted by molar-refractivity contribution is 7.73. The molecule has 0 N–H and O–H groups in total. The summed E-state index contributed by atoms with van der Waals surface area (Å²) in [5.74, 6) is 0. The Kier molecular flexibility index (Phi) is 5.25. The van der Waals surface area contributed by atoms with Gasteiger partial charge in [0, 0.05) is 11.9 Å². The van der Waals surface area contributed by atoms with Crippen LogP contribution in [0.25, 0.3) is 0 Å². The standard InChI is InChI=1S/C12H18N4OS3/c1-8(2)17-11-14-16(12(18)20-11)7-15(4)5-10-6-19-9(3)13-10/h6,8H,5,7H2,1-4H3. The Morgan fingerprint density at radius 3 is 2.85 bits per heavy atom. The zero-order valence-electron chi connectivity index (χ0n) is 12.0. The molecule has 2 aromatic heterocycles. The van der Waals surface area contributed by atoms with Crippen molar-refractivity contribution in [1.82, 2.24) is 19.7 Å². The van der Waals surface area contributed by atoms with Gasteiger partial charge in [-0.05, 0) is 51.4 Å². The van der Waals surface area contributed by atoms with Gasteiger partial charge in [0.1, 0.15) is 0 Å². The molecular formula is C12H18N4OS3. The van der Waals surface area contributed by atoms with E-state index in [-0.39, 0.29) is 6.10 Å². The molecule has 0 aliphatic heterocycles. The van der Waals surface area contributed by atoms with E-state index in [4.69, 9.17) is 17.0 Å². The molecule has 0 atom stereocenters. The van der Waals surface area contributed by atoms with Crippen LogP contribution in [0.15, 0.2) is 5.38 Å². The van der Waals surface area contributed by atoms with E-state index in [1.165, 1.54) is 11.3 Å². The molecule has 5 nitrogen and oxygen atoms in total. The Bertz CT molecular complexity index is 616.